The number of nitrogen functional groups attached to an aromatic ring is 2. The molecule has 0 spiro atoms. The number of benzene rings is 1. The molecule has 0 aliphatic heterocycles. The van der Waals surface area contributed by atoms with Gasteiger partial charge >= 0.3 is 0 Å². The lowest BCUT2D eigenvalue weighted by molar-refractivity contribution is 0.831. The second kappa shape index (κ2) is 5.40. The van der Waals surface area contributed by atoms with Crippen molar-refractivity contribution < 1.29 is 0 Å². The number of hydrogen-bond donors (Lipinski definition) is 2. The van der Waals surface area contributed by atoms with Crippen LogP contribution in [-0.2, 0) is 6.54 Å². The standard InChI is InChI=1S/C14H18N4/c1-2-18(10-11-5-7-17-8-6-11)12-3-4-13(15)14(16)9-12/h3-9H,2,10,15-16H2,1H3. The van der Waals surface area contributed by atoms with Crippen molar-refractivity contribution in [1.29, 1.82) is 0 Å². The van der Waals surface area contributed by atoms with Crippen molar-refractivity contribution in [3.8, 4) is 0 Å². The van der Waals surface area contributed by atoms with Crippen LogP contribution in [0.3, 0.4) is 0 Å². The first-order valence-corrected chi connectivity index (χ1v) is 5.99. The van der Waals surface area contributed by atoms with Crippen molar-refractivity contribution in [3.63, 3.8) is 0 Å². The molecule has 4 nitrogen and oxygen atoms in total. The third kappa shape index (κ3) is 2.71. The van der Waals surface area contributed by atoms with Gasteiger partial charge in [-0.1, -0.05) is 0 Å². The second-order valence-corrected chi connectivity index (χ2v) is 4.18. The molecule has 0 saturated carbocycles. The number of anilines is 3. The van der Waals surface area contributed by atoms with Crippen molar-refractivity contribution >= 4 is 17.1 Å². The Bertz CT molecular complexity index is 510. The van der Waals surface area contributed by atoms with Gasteiger partial charge in [0.15, 0.2) is 0 Å². The van der Waals surface area contributed by atoms with E-state index in [2.05, 4.69) is 16.8 Å². The highest BCUT2D eigenvalue weighted by molar-refractivity contribution is 5.69. The zero-order valence-electron chi connectivity index (χ0n) is 10.5. The molecule has 1 aromatic heterocycles. The van der Waals surface area contributed by atoms with E-state index in [9.17, 15) is 0 Å². The third-order valence-electron chi connectivity index (χ3n) is 2.94. The summed E-state index contributed by atoms with van der Waals surface area (Å²) >= 11 is 0. The number of hydrogen-bond acceptors (Lipinski definition) is 4. The van der Waals surface area contributed by atoms with Crippen LogP contribution in [0.5, 0.6) is 0 Å². The summed E-state index contributed by atoms with van der Waals surface area (Å²) in [4.78, 5) is 6.26. The van der Waals surface area contributed by atoms with Crippen molar-refractivity contribution in [3.05, 3.63) is 48.3 Å². The van der Waals surface area contributed by atoms with Gasteiger partial charge in [0, 0.05) is 31.2 Å². The van der Waals surface area contributed by atoms with Crippen molar-refractivity contribution in [2.75, 3.05) is 22.9 Å². The predicted octanol–water partition coefficient (Wildman–Crippen LogP) is 2.27. The van der Waals surface area contributed by atoms with Gasteiger partial charge in [-0.15, -0.1) is 0 Å². The summed E-state index contributed by atoms with van der Waals surface area (Å²) in [5.41, 5.74) is 15.1. The summed E-state index contributed by atoms with van der Waals surface area (Å²) in [6.07, 6.45) is 3.61. The zero-order chi connectivity index (χ0) is 13.0. The lowest BCUT2D eigenvalue weighted by Gasteiger charge is -2.23. The van der Waals surface area contributed by atoms with E-state index in [1.165, 1.54) is 5.56 Å². The molecule has 18 heavy (non-hydrogen) atoms. The number of pyridine rings is 1. The van der Waals surface area contributed by atoms with Gasteiger partial charge in [0.1, 0.15) is 0 Å². The van der Waals surface area contributed by atoms with Crippen LogP contribution in [0.15, 0.2) is 42.7 Å². The Balaban J connectivity index is 2.20. The maximum atomic E-state index is 5.84. The van der Waals surface area contributed by atoms with E-state index < -0.39 is 0 Å². The summed E-state index contributed by atoms with van der Waals surface area (Å²) in [7, 11) is 0. The largest absolute Gasteiger partial charge is 0.397 e. The summed E-state index contributed by atoms with van der Waals surface area (Å²) in [6.45, 7) is 3.86. The van der Waals surface area contributed by atoms with Gasteiger partial charge in [0.25, 0.3) is 0 Å². The Morgan fingerprint density at radius 3 is 2.39 bits per heavy atom. The highest BCUT2D eigenvalue weighted by Crippen LogP contribution is 2.24. The molecule has 0 saturated heterocycles. The van der Waals surface area contributed by atoms with Crippen LogP contribution in [0, 0.1) is 0 Å². The molecule has 0 bridgehead atoms. The Kier molecular flexibility index (Phi) is 3.67. The first kappa shape index (κ1) is 12.2. The molecule has 1 aromatic carbocycles. The van der Waals surface area contributed by atoms with Gasteiger partial charge in [0.05, 0.1) is 11.4 Å². The number of rotatable bonds is 4. The van der Waals surface area contributed by atoms with E-state index in [0.717, 1.165) is 18.8 Å². The lowest BCUT2D eigenvalue weighted by Crippen LogP contribution is -2.22. The Hall–Kier alpha value is -2.23. The normalized spacial score (nSPS) is 10.3. The van der Waals surface area contributed by atoms with Crippen LogP contribution in [0.4, 0.5) is 17.1 Å². The van der Waals surface area contributed by atoms with Crippen LogP contribution < -0.4 is 16.4 Å². The van der Waals surface area contributed by atoms with Crippen LogP contribution in [0.2, 0.25) is 0 Å². The summed E-state index contributed by atoms with van der Waals surface area (Å²) in [5.74, 6) is 0. The Labute approximate surface area is 107 Å². The molecule has 0 amide bonds. The van der Waals surface area contributed by atoms with Gasteiger partial charge in [-0.25, -0.2) is 0 Å². The molecule has 2 rings (SSSR count). The average molecular weight is 242 g/mol. The average Bonchev–Trinajstić information content (AvgIpc) is 2.40. The van der Waals surface area contributed by atoms with Crippen LogP contribution in [0.25, 0.3) is 0 Å². The molecule has 4 heteroatoms. The maximum Gasteiger partial charge on any atom is 0.0568 e. The summed E-state index contributed by atoms with van der Waals surface area (Å²) in [6, 6.07) is 9.79. The number of aromatic nitrogens is 1. The molecule has 0 aliphatic rings. The Morgan fingerprint density at radius 1 is 1.06 bits per heavy atom. The third-order valence-corrected chi connectivity index (χ3v) is 2.94. The molecule has 4 N–H and O–H groups in total. The minimum absolute atomic E-state index is 0.624. The van der Waals surface area contributed by atoms with Gasteiger partial charge in [-0.3, -0.25) is 4.98 Å². The van der Waals surface area contributed by atoms with Gasteiger partial charge in [-0.2, -0.15) is 0 Å². The molecule has 0 fully saturated rings. The Morgan fingerprint density at radius 2 is 1.78 bits per heavy atom. The van der Waals surface area contributed by atoms with Crippen molar-refractivity contribution in [1.82, 2.24) is 4.98 Å². The van der Waals surface area contributed by atoms with Gasteiger partial charge in [0.2, 0.25) is 0 Å². The van der Waals surface area contributed by atoms with E-state index >= 15 is 0 Å². The fourth-order valence-corrected chi connectivity index (χ4v) is 1.85. The van der Waals surface area contributed by atoms with Gasteiger partial charge < -0.3 is 16.4 Å². The van der Waals surface area contributed by atoms with E-state index in [1.54, 1.807) is 12.4 Å². The SMILES string of the molecule is CCN(Cc1ccncc1)c1ccc(N)c(N)c1. The van der Waals surface area contributed by atoms with Crippen LogP contribution in [-0.4, -0.2) is 11.5 Å². The monoisotopic (exact) mass is 242 g/mol. The highest BCUT2D eigenvalue weighted by Gasteiger charge is 2.06. The van der Waals surface area contributed by atoms with E-state index in [1.807, 2.05) is 30.3 Å². The highest BCUT2D eigenvalue weighted by atomic mass is 15.1. The molecular formula is C14H18N4. The predicted molar refractivity (Wildman–Crippen MR) is 76.2 cm³/mol. The number of nitrogens with two attached hydrogens (primary N) is 2. The van der Waals surface area contributed by atoms with E-state index in [-0.39, 0.29) is 0 Å². The molecule has 94 valence electrons. The first-order valence-electron chi connectivity index (χ1n) is 5.99. The lowest BCUT2D eigenvalue weighted by atomic mass is 10.2. The second-order valence-electron chi connectivity index (χ2n) is 4.18. The molecule has 0 aliphatic carbocycles. The molecule has 0 atom stereocenters. The fourth-order valence-electron chi connectivity index (χ4n) is 1.85. The van der Waals surface area contributed by atoms with E-state index in [0.29, 0.717) is 11.4 Å². The van der Waals surface area contributed by atoms with Crippen molar-refractivity contribution in [2.24, 2.45) is 0 Å². The number of nitrogens with zero attached hydrogens (tertiary/aromatic N) is 2. The fraction of sp³-hybridized carbons (Fsp3) is 0.214. The summed E-state index contributed by atoms with van der Waals surface area (Å²) < 4.78 is 0. The molecule has 0 unspecified atom stereocenters. The first-order chi connectivity index (χ1) is 8.70. The minimum Gasteiger partial charge on any atom is -0.397 e. The van der Waals surface area contributed by atoms with Gasteiger partial charge in [-0.05, 0) is 42.8 Å². The zero-order valence-corrected chi connectivity index (χ0v) is 10.5. The maximum absolute atomic E-state index is 5.84. The topological polar surface area (TPSA) is 68.2 Å². The van der Waals surface area contributed by atoms with Crippen molar-refractivity contribution in [2.45, 2.75) is 13.5 Å². The quantitative estimate of drug-likeness (QED) is 0.807. The molecule has 2 aromatic rings. The van der Waals surface area contributed by atoms with Crippen LogP contribution >= 0.6 is 0 Å². The van der Waals surface area contributed by atoms with E-state index in [4.69, 9.17) is 11.5 Å². The molecule has 0 radical (unpaired) electrons. The minimum atomic E-state index is 0.624. The molecular weight excluding hydrogens is 224 g/mol. The smallest absolute Gasteiger partial charge is 0.0568 e. The molecule has 1 heterocycles. The summed E-state index contributed by atoms with van der Waals surface area (Å²) in [5, 5.41) is 0. The van der Waals surface area contributed by atoms with Crippen LogP contribution in [0.1, 0.15) is 12.5 Å².